The van der Waals surface area contributed by atoms with Crippen molar-refractivity contribution in [2.75, 3.05) is 13.7 Å². The highest BCUT2D eigenvalue weighted by Gasteiger charge is 2.19. The van der Waals surface area contributed by atoms with Crippen LogP contribution in [-0.4, -0.2) is 28.4 Å². The third-order valence-corrected chi connectivity index (χ3v) is 4.70. The molecule has 0 amide bonds. The van der Waals surface area contributed by atoms with Gasteiger partial charge in [0.15, 0.2) is 5.58 Å². The predicted molar refractivity (Wildman–Crippen MR) is 125 cm³/mol. The van der Waals surface area contributed by atoms with E-state index >= 15 is 0 Å². The number of hydrogen-bond acceptors (Lipinski definition) is 5. The zero-order valence-electron chi connectivity index (χ0n) is 17.9. The third-order valence-electron chi connectivity index (χ3n) is 4.21. The molecule has 0 unspecified atom stereocenters. The van der Waals surface area contributed by atoms with Crippen LogP contribution in [0.25, 0.3) is 33.3 Å². The van der Waals surface area contributed by atoms with Crippen molar-refractivity contribution in [1.29, 1.82) is 0 Å². The van der Waals surface area contributed by atoms with Gasteiger partial charge in [-0.05, 0) is 42.5 Å². The first kappa shape index (κ1) is 23.6. The van der Waals surface area contributed by atoms with Crippen LogP contribution in [0, 0.1) is 0 Å². The Morgan fingerprint density at radius 2 is 1.77 bits per heavy atom. The van der Waals surface area contributed by atoms with Gasteiger partial charge in [0, 0.05) is 22.5 Å². The number of methoxy groups -OCH3 is 1. The maximum atomic E-state index is 12.7. The molecule has 1 N–H and O–H groups in total. The van der Waals surface area contributed by atoms with Gasteiger partial charge in [0.1, 0.15) is 22.5 Å². The van der Waals surface area contributed by atoms with Gasteiger partial charge in [-0.15, -0.1) is 0 Å². The number of furan rings is 1. The summed E-state index contributed by atoms with van der Waals surface area (Å²) in [7, 11) is 1.59. The number of fused-ring (bicyclic) bond motifs is 3. The molecule has 0 aliphatic rings. The van der Waals surface area contributed by atoms with E-state index in [0.717, 1.165) is 9.86 Å². The highest BCUT2D eigenvalue weighted by atomic mass is 79.9. The maximum Gasteiger partial charge on any atom is 0.348 e. The molecule has 0 aliphatic heterocycles. The number of benzene rings is 2. The third kappa shape index (κ3) is 4.74. The van der Waals surface area contributed by atoms with Crippen molar-refractivity contribution in [3.63, 3.8) is 0 Å². The summed E-state index contributed by atoms with van der Waals surface area (Å²) in [6, 6.07) is 12.2. The van der Waals surface area contributed by atoms with Gasteiger partial charge in [0.25, 0.3) is 0 Å². The summed E-state index contributed by atoms with van der Waals surface area (Å²) >= 11 is 3.47. The Labute approximate surface area is 184 Å². The molecule has 2 heterocycles. The van der Waals surface area contributed by atoms with Crippen LogP contribution >= 0.6 is 15.9 Å². The van der Waals surface area contributed by atoms with Crippen LogP contribution in [0.5, 0.6) is 5.75 Å². The largest absolute Gasteiger partial charge is 0.508 e. The molecule has 4 aromatic rings. The number of phenolic OH excluding ortho intramolecular Hbond substituents is 1. The number of rotatable bonds is 4. The van der Waals surface area contributed by atoms with Crippen molar-refractivity contribution in [3.8, 4) is 17.0 Å². The molecule has 2 aromatic carbocycles. The molecule has 30 heavy (non-hydrogen) atoms. The Kier molecular flexibility index (Phi) is 8.62. The zero-order valence-corrected chi connectivity index (χ0v) is 19.5. The molecule has 0 bridgehead atoms. The van der Waals surface area contributed by atoms with Crippen molar-refractivity contribution in [1.82, 2.24) is 9.55 Å². The van der Waals surface area contributed by atoms with Crippen LogP contribution in [0.4, 0.5) is 0 Å². The molecule has 2 aromatic heterocycles. The minimum absolute atomic E-state index is 0.145. The maximum absolute atomic E-state index is 12.7. The Balaban J connectivity index is 0.000000757. The predicted octanol–water partition coefficient (Wildman–Crippen LogP) is 5.98. The fraction of sp³-hybridized carbons (Fsp3) is 0.304. The molecule has 0 fully saturated rings. The van der Waals surface area contributed by atoms with Crippen LogP contribution in [0.1, 0.15) is 27.7 Å². The van der Waals surface area contributed by atoms with Gasteiger partial charge in [-0.25, -0.2) is 4.79 Å². The van der Waals surface area contributed by atoms with Crippen LogP contribution in [-0.2, 0) is 11.3 Å². The summed E-state index contributed by atoms with van der Waals surface area (Å²) < 4.78 is 13.6. The van der Waals surface area contributed by atoms with Crippen LogP contribution in [0.3, 0.4) is 0 Å². The van der Waals surface area contributed by atoms with Gasteiger partial charge < -0.3 is 14.3 Å². The summed E-state index contributed by atoms with van der Waals surface area (Å²) in [6.45, 7) is 8.76. The van der Waals surface area contributed by atoms with Crippen molar-refractivity contribution < 1.29 is 14.3 Å². The molecule has 6 nitrogen and oxygen atoms in total. The molecule has 0 aliphatic carbocycles. The van der Waals surface area contributed by atoms with Gasteiger partial charge in [-0.1, -0.05) is 43.6 Å². The topological polar surface area (TPSA) is 77.5 Å². The molecule has 160 valence electrons. The Morgan fingerprint density at radius 3 is 2.40 bits per heavy atom. The Morgan fingerprint density at radius 1 is 1.10 bits per heavy atom. The van der Waals surface area contributed by atoms with Gasteiger partial charge in [-0.2, -0.15) is 4.98 Å². The van der Waals surface area contributed by atoms with E-state index in [-0.39, 0.29) is 11.4 Å². The standard InChI is InChI=1S/C19H15BrN2O4.2C2H6/c1-25-9-8-22-17-14-10-12(20)4-7-15(14)26-18(17)16(21-19(22)24)11-2-5-13(23)6-3-11;2*1-2/h2-7,10,23H,8-9H2,1H3;2*1-2H3. The number of nitrogens with zero attached hydrogens (tertiary/aromatic N) is 2. The summed E-state index contributed by atoms with van der Waals surface area (Å²) in [5, 5.41) is 10.4. The second-order valence-electron chi connectivity index (χ2n) is 5.85. The van der Waals surface area contributed by atoms with E-state index in [4.69, 9.17) is 9.15 Å². The normalized spacial score (nSPS) is 10.3. The summed E-state index contributed by atoms with van der Waals surface area (Å²) in [5.41, 5.74) is 2.65. The lowest BCUT2D eigenvalue weighted by atomic mass is 10.1. The first-order valence-corrected chi connectivity index (χ1v) is 10.8. The van der Waals surface area contributed by atoms with Crippen molar-refractivity contribution in [2.45, 2.75) is 34.2 Å². The smallest absolute Gasteiger partial charge is 0.348 e. The van der Waals surface area contributed by atoms with Gasteiger partial charge in [0.05, 0.1) is 13.2 Å². The van der Waals surface area contributed by atoms with Crippen LogP contribution in [0.2, 0.25) is 0 Å². The molecular formula is C23H27BrN2O4. The first-order chi connectivity index (χ1) is 14.6. The lowest BCUT2D eigenvalue weighted by Crippen LogP contribution is -2.25. The van der Waals surface area contributed by atoms with E-state index in [2.05, 4.69) is 20.9 Å². The summed E-state index contributed by atoms with van der Waals surface area (Å²) in [6.07, 6.45) is 0. The number of phenols is 1. The van der Waals surface area contributed by atoms with Gasteiger partial charge >= 0.3 is 5.69 Å². The molecule has 0 spiro atoms. The molecule has 4 rings (SSSR count). The van der Waals surface area contributed by atoms with Crippen molar-refractivity contribution in [3.05, 3.63) is 57.4 Å². The minimum atomic E-state index is -0.375. The van der Waals surface area contributed by atoms with Gasteiger partial charge in [0.2, 0.25) is 0 Å². The summed E-state index contributed by atoms with van der Waals surface area (Å²) in [5.74, 6) is 0.145. The van der Waals surface area contributed by atoms with E-state index < -0.39 is 0 Å². The second-order valence-corrected chi connectivity index (χ2v) is 6.77. The second kappa shape index (κ2) is 10.9. The molecule has 0 saturated carbocycles. The van der Waals surface area contributed by atoms with Crippen molar-refractivity contribution in [2.24, 2.45) is 0 Å². The van der Waals surface area contributed by atoms with E-state index in [1.807, 2.05) is 45.9 Å². The molecular weight excluding hydrogens is 448 g/mol. The van der Waals surface area contributed by atoms with E-state index in [1.54, 1.807) is 35.9 Å². The average molecular weight is 475 g/mol. The molecule has 0 radical (unpaired) electrons. The van der Waals surface area contributed by atoms with Crippen LogP contribution < -0.4 is 5.69 Å². The number of ether oxygens (including phenoxy) is 1. The zero-order chi connectivity index (χ0) is 22.3. The quantitative estimate of drug-likeness (QED) is 0.393. The fourth-order valence-corrected chi connectivity index (χ4v) is 3.35. The monoisotopic (exact) mass is 474 g/mol. The highest BCUT2D eigenvalue weighted by molar-refractivity contribution is 9.10. The lowest BCUT2D eigenvalue weighted by molar-refractivity contribution is 0.187. The lowest BCUT2D eigenvalue weighted by Gasteiger charge is -2.09. The fourth-order valence-electron chi connectivity index (χ4n) is 2.99. The molecule has 0 atom stereocenters. The number of aromatic hydroxyl groups is 1. The van der Waals surface area contributed by atoms with Crippen molar-refractivity contribution >= 4 is 38.0 Å². The average Bonchev–Trinajstić information content (AvgIpc) is 3.15. The van der Waals surface area contributed by atoms with Gasteiger partial charge in [-0.3, -0.25) is 4.57 Å². The summed E-state index contributed by atoms with van der Waals surface area (Å²) in [4.78, 5) is 17.0. The molecule has 7 heteroatoms. The molecule has 0 saturated heterocycles. The van der Waals surface area contributed by atoms with E-state index in [1.165, 1.54) is 0 Å². The minimum Gasteiger partial charge on any atom is -0.508 e. The number of aromatic nitrogens is 2. The SMILES string of the molecule is CC.CC.COCCn1c(=O)nc(-c2ccc(O)cc2)c2oc3ccc(Br)cc3c21. The Hall–Kier alpha value is -2.64. The van der Waals surface area contributed by atoms with Crippen LogP contribution in [0.15, 0.2) is 56.1 Å². The van der Waals surface area contributed by atoms with E-state index in [0.29, 0.717) is 41.1 Å². The number of halogens is 1. The number of hydrogen-bond donors (Lipinski definition) is 1. The van der Waals surface area contributed by atoms with E-state index in [9.17, 15) is 9.90 Å². The Bertz CT molecular complexity index is 1160. The highest BCUT2D eigenvalue weighted by Crippen LogP contribution is 2.35. The first-order valence-electron chi connectivity index (χ1n) is 9.99.